The van der Waals surface area contributed by atoms with Crippen molar-refractivity contribution in [2.75, 3.05) is 13.1 Å². The van der Waals surface area contributed by atoms with Crippen molar-refractivity contribution in [2.45, 2.75) is 25.4 Å². The first-order valence-corrected chi connectivity index (χ1v) is 5.45. The average Bonchev–Trinajstić information content (AvgIpc) is 2.66. The smallest absolute Gasteiger partial charge is 0.138 e. The van der Waals surface area contributed by atoms with Gasteiger partial charge in [0.2, 0.25) is 0 Å². The van der Waals surface area contributed by atoms with E-state index in [2.05, 4.69) is 15.4 Å². The first kappa shape index (κ1) is 10.5. The molecule has 0 aromatic carbocycles. The molecule has 15 heavy (non-hydrogen) atoms. The van der Waals surface area contributed by atoms with Gasteiger partial charge in [0.1, 0.15) is 18.3 Å². The van der Waals surface area contributed by atoms with Crippen LogP contribution < -0.4 is 5.32 Å². The largest absolute Gasteiger partial charge is 0.317 e. The number of alkyl halides is 1. The minimum Gasteiger partial charge on any atom is -0.317 e. The highest BCUT2D eigenvalue weighted by Gasteiger charge is 2.24. The fourth-order valence-corrected chi connectivity index (χ4v) is 2.05. The van der Waals surface area contributed by atoms with Crippen LogP contribution in [0.4, 0.5) is 4.39 Å². The molecule has 5 heteroatoms. The Kier molecular flexibility index (Phi) is 3.30. The van der Waals surface area contributed by atoms with Crippen molar-refractivity contribution >= 4 is 0 Å². The molecular weight excluding hydrogens is 195 g/mol. The van der Waals surface area contributed by atoms with Crippen molar-refractivity contribution in [1.29, 1.82) is 0 Å². The molecule has 1 aromatic heterocycles. The van der Waals surface area contributed by atoms with Gasteiger partial charge in [-0.15, -0.1) is 0 Å². The van der Waals surface area contributed by atoms with E-state index in [1.54, 1.807) is 11.7 Å². The van der Waals surface area contributed by atoms with Gasteiger partial charge in [-0.25, -0.2) is 9.37 Å². The molecule has 0 bridgehead atoms. The van der Waals surface area contributed by atoms with Crippen LogP contribution in [0.2, 0.25) is 0 Å². The van der Waals surface area contributed by atoms with Gasteiger partial charge in [-0.05, 0) is 31.8 Å². The molecular formula is C10H17FN4. The summed E-state index contributed by atoms with van der Waals surface area (Å²) in [4.78, 5) is 4.05. The predicted molar refractivity (Wildman–Crippen MR) is 55.2 cm³/mol. The summed E-state index contributed by atoms with van der Waals surface area (Å²) >= 11 is 0. The van der Waals surface area contributed by atoms with Crippen molar-refractivity contribution in [3.8, 4) is 0 Å². The van der Waals surface area contributed by atoms with Gasteiger partial charge in [0.25, 0.3) is 0 Å². The van der Waals surface area contributed by atoms with Crippen LogP contribution >= 0.6 is 0 Å². The van der Waals surface area contributed by atoms with Crippen LogP contribution in [0.1, 0.15) is 18.7 Å². The first-order chi connectivity index (χ1) is 7.27. The van der Waals surface area contributed by atoms with E-state index in [4.69, 9.17) is 0 Å². The third-order valence-corrected chi connectivity index (χ3v) is 3.08. The number of halogens is 1. The topological polar surface area (TPSA) is 42.7 Å². The van der Waals surface area contributed by atoms with Crippen molar-refractivity contribution in [3.05, 3.63) is 12.2 Å². The SMILES string of the molecule is Cn1ncnc1CC(F)C1CCNCC1. The Morgan fingerprint density at radius 3 is 2.93 bits per heavy atom. The minimum absolute atomic E-state index is 0.183. The molecule has 1 aliphatic heterocycles. The number of aromatic nitrogens is 3. The lowest BCUT2D eigenvalue weighted by Gasteiger charge is -2.25. The number of aryl methyl sites for hydroxylation is 1. The third-order valence-electron chi connectivity index (χ3n) is 3.08. The van der Waals surface area contributed by atoms with E-state index in [-0.39, 0.29) is 5.92 Å². The molecule has 1 aromatic rings. The number of hydrogen-bond acceptors (Lipinski definition) is 3. The fourth-order valence-electron chi connectivity index (χ4n) is 2.05. The second-order valence-electron chi connectivity index (χ2n) is 4.11. The lowest BCUT2D eigenvalue weighted by Crippen LogP contribution is -2.33. The van der Waals surface area contributed by atoms with Crippen molar-refractivity contribution in [3.63, 3.8) is 0 Å². The summed E-state index contributed by atoms with van der Waals surface area (Å²) in [6, 6.07) is 0. The fraction of sp³-hybridized carbons (Fsp3) is 0.800. The van der Waals surface area contributed by atoms with Crippen LogP contribution in [0.15, 0.2) is 6.33 Å². The Hall–Kier alpha value is -0.970. The van der Waals surface area contributed by atoms with Gasteiger partial charge in [-0.3, -0.25) is 4.68 Å². The van der Waals surface area contributed by atoms with Crippen LogP contribution in [-0.2, 0) is 13.5 Å². The lowest BCUT2D eigenvalue weighted by atomic mass is 9.91. The first-order valence-electron chi connectivity index (χ1n) is 5.45. The van der Waals surface area contributed by atoms with E-state index in [0.29, 0.717) is 6.42 Å². The summed E-state index contributed by atoms with van der Waals surface area (Å²) in [5, 5.41) is 7.18. The molecule has 4 nitrogen and oxygen atoms in total. The molecule has 0 spiro atoms. The quantitative estimate of drug-likeness (QED) is 0.802. The van der Waals surface area contributed by atoms with E-state index < -0.39 is 6.17 Å². The highest BCUT2D eigenvalue weighted by Crippen LogP contribution is 2.21. The summed E-state index contributed by atoms with van der Waals surface area (Å²) in [6.45, 7) is 1.87. The molecule has 1 N–H and O–H groups in total. The maximum absolute atomic E-state index is 13.9. The van der Waals surface area contributed by atoms with Gasteiger partial charge in [0.05, 0.1) is 0 Å². The molecule has 0 amide bonds. The summed E-state index contributed by atoms with van der Waals surface area (Å²) in [6.07, 6.45) is 2.94. The highest BCUT2D eigenvalue weighted by atomic mass is 19.1. The number of piperidine rings is 1. The Bertz CT molecular complexity index is 306. The molecule has 2 rings (SSSR count). The van der Waals surface area contributed by atoms with Crippen LogP contribution in [0, 0.1) is 5.92 Å². The van der Waals surface area contributed by atoms with Gasteiger partial charge in [-0.2, -0.15) is 5.10 Å². The zero-order chi connectivity index (χ0) is 10.7. The van der Waals surface area contributed by atoms with E-state index >= 15 is 0 Å². The molecule has 0 aliphatic carbocycles. The van der Waals surface area contributed by atoms with Gasteiger partial charge in [-0.1, -0.05) is 0 Å². The lowest BCUT2D eigenvalue weighted by molar-refractivity contribution is 0.183. The van der Waals surface area contributed by atoms with Crippen molar-refractivity contribution in [1.82, 2.24) is 20.1 Å². The summed E-state index contributed by atoms with van der Waals surface area (Å²) in [7, 11) is 1.80. The number of rotatable bonds is 3. The predicted octanol–water partition coefficient (Wildman–Crippen LogP) is 0.695. The maximum Gasteiger partial charge on any atom is 0.138 e. The second kappa shape index (κ2) is 4.70. The summed E-state index contributed by atoms with van der Waals surface area (Å²) < 4.78 is 15.6. The summed E-state index contributed by atoms with van der Waals surface area (Å²) in [5.41, 5.74) is 0. The number of nitrogens with zero attached hydrogens (tertiary/aromatic N) is 3. The van der Waals surface area contributed by atoms with Crippen LogP contribution in [0.5, 0.6) is 0 Å². The molecule has 1 aliphatic rings. The standard InChI is InChI=1S/C10H17FN4/c1-15-10(13-7-14-15)6-9(11)8-2-4-12-5-3-8/h7-9,12H,2-6H2,1H3. The Morgan fingerprint density at radius 2 is 2.33 bits per heavy atom. The van der Waals surface area contributed by atoms with Gasteiger partial charge in [0.15, 0.2) is 0 Å². The van der Waals surface area contributed by atoms with Gasteiger partial charge >= 0.3 is 0 Å². The summed E-state index contributed by atoms with van der Waals surface area (Å²) in [5.74, 6) is 0.920. The Labute approximate surface area is 88.9 Å². The molecule has 0 radical (unpaired) electrons. The maximum atomic E-state index is 13.9. The van der Waals surface area contributed by atoms with Crippen molar-refractivity contribution in [2.24, 2.45) is 13.0 Å². The van der Waals surface area contributed by atoms with E-state index in [0.717, 1.165) is 31.8 Å². The number of nitrogens with one attached hydrogen (secondary N) is 1. The second-order valence-corrected chi connectivity index (χ2v) is 4.11. The highest BCUT2D eigenvalue weighted by molar-refractivity contribution is 4.89. The van der Waals surface area contributed by atoms with Crippen molar-refractivity contribution < 1.29 is 4.39 Å². The molecule has 1 unspecified atom stereocenters. The van der Waals surface area contributed by atoms with Crippen LogP contribution in [0.3, 0.4) is 0 Å². The van der Waals surface area contributed by atoms with E-state index in [1.165, 1.54) is 6.33 Å². The normalized spacial score (nSPS) is 20.4. The van der Waals surface area contributed by atoms with Crippen LogP contribution in [-0.4, -0.2) is 34.0 Å². The number of hydrogen-bond donors (Lipinski definition) is 1. The zero-order valence-corrected chi connectivity index (χ0v) is 8.99. The average molecular weight is 212 g/mol. The van der Waals surface area contributed by atoms with Gasteiger partial charge in [0, 0.05) is 13.5 Å². The monoisotopic (exact) mass is 212 g/mol. The van der Waals surface area contributed by atoms with Gasteiger partial charge < -0.3 is 5.32 Å². The molecule has 84 valence electrons. The third kappa shape index (κ3) is 2.53. The minimum atomic E-state index is -0.782. The molecule has 2 heterocycles. The molecule has 1 atom stereocenters. The molecule has 1 saturated heterocycles. The van der Waals surface area contributed by atoms with Crippen LogP contribution in [0.25, 0.3) is 0 Å². The van der Waals surface area contributed by atoms with E-state index in [1.807, 2.05) is 0 Å². The molecule has 1 fully saturated rings. The zero-order valence-electron chi connectivity index (χ0n) is 8.99. The Balaban J connectivity index is 1.91. The van der Waals surface area contributed by atoms with E-state index in [9.17, 15) is 4.39 Å². The Morgan fingerprint density at radius 1 is 1.60 bits per heavy atom. The molecule has 0 saturated carbocycles.